The Bertz CT molecular complexity index is 959. The first-order chi connectivity index (χ1) is 18.7. The second kappa shape index (κ2) is 16.5. The number of nitrogens with zero attached hydrogens (tertiary/aromatic N) is 4. The number of ether oxygens (including phenoxy) is 4. The molecule has 0 spiro atoms. The molecule has 2 unspecified atom stereocenters. The van der Waals surface area contributed by atoms with Crippen molar-refractivity contribution in [2.75, 3.05) is 52.6 Å². The molecule has 2 amide bonds. The Balaban J connectivity index is 2.50. The van der Waals surface area contributed by atoms with Gasteiger partial charge in [0, 0.05) is 32.6 Å². The number of hydrogen-bond acceptors (Lipinski definition) is 10. The molecule has 0 N–H and O–H groups in total. The SMILES string of the molecule is CCOC(=O)CCC(C(=O)OCC)N1CCN(C(=O)OCC)CCN(C(=O)OCC)Cc2cccc(n2)C1C. The maximum Gasteiger partial charge on any atom is 0.410 e. The van der Waals surface area contributed by atoms with Crippen molar-refractivity contribution < 1.29 is 38.1 Å². The molecular weight excluding hydrogens is 508 g/mol. The second-order valence-corrected chi connectivity index (χ2v) is 8.89. The number of amides is 2. The summed E-state index contributed by atoms with van der Waals surface area (Å²) in [5, 5.41) is 0. The fourth-order valence-corrected chi connectivity index (χ4v) is 4.39. The van der Waals surface area contributed by atoms with Crippen molar-refractivity contribution in [3.8, 4) is 0 Å². The van der Waals surface area contributed by atoms with Crippen molar-refractivity contribution in [1.82, 2.24) is 19.7 Å². The van der Waals surface area contributed by atoms with Gasteiger partial charge in [-0.15, -0.1) is 0 Å². The molecule has 0 radical (unpaired) electrons. The average molecular weight is 551 g/mol. The maximum absolute atomic E-state index is 13.2. The largest absolute Gasteiger partial charge is 0.466 e. The highest BCUT2D eigenvalue weighted by atomic mass is 16.6. The molecule has 2 bridgehead atoms. The van der Waals surface area contributed by atoms with Crippen LogP contribution in [0.4, 0.5) is 9.59 Å². The highest BCUT2D eigenvalue weighted by molar-refractivity contribution is 5.77. The zero-order valence-corrected chi connectivity index (χ0v) is 23.7. The normalized spacial score (nSPS) is 17.3. The Morgan fingerprint density at radius 3 is 2.08 bits per heavy atom. The van der Waals surface area contributed by atoms with Gasteiger partial charge in [0.15, 0.2) is 0 Å². The first-order valence-corrected chi connectivity index (χ1v) is 13.6. The lowest BCUT2D eigenvalue weighted by Gasteiger charge is -2.37. The van der Waals surface area contributed by atoms with Crippen molar-refractivity contribution in [3.05, 3.63) is 29.6 Å². The molecule has 218 valence electrons. The molecule has 1 aliphatic heterocycles. The quantitative estimate of drug-likeness (QED) is 0.334. The first kappa shape index (κ1) is 31.8. The minimum absolute atomic E-state index is 0.0318. The van der Waals surface area contributed by atoms with Gasteiger partial charge in [0.1, 0.15) is 6.04 Å². The molecule has 0 fully saturated rings. The number of carbonyl (C=O) groups excluding carboxylic acids is 4. The van der Waals surface area contributed by atoms with Crippen LogP contribution in [0.2, 0.25) is 0 Å². The second-order valence-electron chi connectivity index (χ2n) is 8.89. The van der Waals surface area contributed by atoms with Crippen LogP contribution >= 0.6 is 0 Å². The summed E-state index contributed by atoms with van der Waals surface area (Å²) in [6, 6.07) is 4.34. The molecule has 0 aromatic carbocycles. The number of carbonyl (C=O) groups is 4. The molecule has 1 aromatic heterocycles. The fraction of sp³-hybridized carbons (Fsp3) is 0.667. The summed E-state index contributed by atoms with van der Waals surface area (Å²) >= 11 is 0. The van der Waals surface area contributed by atoms with E-state index in [1.165, 1.54) is 9.80 Å². The van der Waals surface area contributed by atoms with Crippen molar-refractivity contribution in [3.63, 3.8) is 0 Å². The smallest absolute Gasteiger partial charge is 0.410 e. The molecule has 12 heteroatoms. The van der Waals surface area contributed by atoms with Gasteiger partial charge in [0.2, 0.25) is 0 Å². The Morgan fingerprint density at radius 1 is 0.846 bits per heavy atom. The molecule has 1 aromatic rings. The highest BCUT2D eigenvalue weighted by Crippen LogP contribution is 2.25. The Kier molecular flexibility index (Phi) is 13.5. The van der Waals surface area contributed by atoms with E-state index in [0.29, 0.717) is 11.4 Å². The summed E-state index contributed by atoms with van der Waals surface area (Å²) in [4.78, 5) is 60.5. The maximum atomic E-state index is 13.2. The van der Waals surface area contributed by atoms with Crippen molar-refractivity contribution in [1.29, 1.82) is 0 Å². The summed E-state index contributed by atoms with van der Waals surface area (Å²) < 4.78 is 21.0. The topological polar surface area (TPSA) is 128 Å². The first-order valence-electron chi connectivity index (χ1n) is 13.6. The predicted molar refractivity (Wildman–Crippen MR) is 142 cm³/mol. The summed E-state index contributed by atoms with van der Waals surface area (Å²) in [5.41, 5.74) is 1.31. The van der Waals surface area contributed by atoms with Crippen molar-refractivity contribution in [2.24, 2.45) is 0 Å². The van der Waals surface area contributed by atoms with Crippen LogP contribution in [0.1, 0.15) is 64.9 Å². The summed E-state index contributed by atoms with van der Waals surface area (Å²) in [7, 11) is 0. The van der Waals surface area contributed by atoms with Gasteiger partial charge in [-0.05, 0) is 53.2 Å². The van der Waals surface area contributed by atoms with Crippen LogP contribution in [0.3, 0.4) is 0 Å². The zero-order valence-electron chi connectivity index (χ0n) is 23.7. The molecule has 1 aliphatic rings. The molecule has 0 aliphatic carbocycles. The lowest BCUT2D eigenvalue weighted by molar-refractivity contribution is -0.152. The fourth-order valence-electron chi connectivity index (χ4n) is 4.39. The minimum Gasteiger partial charge on any atom is -0.466 e. The lowest BCUT2D eigenvalue weighted by Crippen LogP contribution is -2.49. The number of esters is 2. The van der Waals surface area contributed by atoms with Crippen LogP contribution in [0.15, 0.2) is 18.2 Å². The molecule has 39 heavy (non-hydrogen) atoms. The number of hydrogen-bond donors (Lipinski definition) is 0. The molecule has 2 atom stereocenters. The average Bonchev–Trinajstić information content (AvgIpc) is 2.90. The van der Waals surface area contributed by atoms with E-state index in [4.69, 9.17) is 23.9 Å². The standard InChI is InChI=1S/C27H42N4O8/c1-6-36-24(32)14-13-23(25(33)37-7-2)31-18-17-29(26(34)38-8-3)15-16-30(27(35)39-9-4)19-21-11-10-12-22(28-21)20(31)5/h10-12,20,23H,6-9,13-19H2,1-5H3. The summed E-state index contributed by atoms with van der Waals surface area (Å²) in [6.45, 7) is 10.7. The number of rotatable bonds is 9. The third-order valence-corrected chi connectivity index (χ3v) is 6.31. The molecule has 2 heterocycles. The number of aromatic nitrogens is 1. The molecule has 12 nitrogen and oxygen atoms in total. The van der Waals surface area contributed by atoms with Gasteiger partial charge in [0.05, 0.1) is 50.4 Å². The summed E-state index contributed by atoms with van der Waals surface area (Å²) in [5.74, 6) is -0.866. The van der Waals surface area contributed by atoms with E-state index in [0.717, 1.165) is 0 Å². The van der Waals surface area contributed by atoms with Crippen LogP contribution < -0.4 is 0 Å². The van der Waals surface area contributed by atoms with Crippen molar-refractivity contribution >= 4 is 24.1 Å². The number of pyridine rings is 1. The van der Waals surface area contributed by atoms with E-state index in [-0.39, 0.29) is 78.0 Å². The predicted octanol–water partition coefficient (Wildman–Crippen LogP) is 3.15. The highest BCUT2D eigenvalue weighted by Gasteiger charge is 2.34. The third-order valence-electron chi connectivity index (χ3n) is 6.31. The Morgan fingerprint density at radius 2 is 1.44 bits per heavy atom. The van der Waals surface area contributed by atoms with Gasteiger partial charge >= 0.3 is 24.1 Å². The molecular formula is C27H42N4O8. The van der Waals surface area contributed by atoms with E-state index in [1.54, 1.807) is 27.7 Å². The van der Waals surface area contributed by atoms with Gasteiger partial charge in [-0.3, -0.25) is 19.5 Å². The van der Waals surface area contributed by atoms with Crippen LogP contribution in [0.5, 0.6) is 0 Å². The van der Waals surface area contributed by atoms with Gasteiger partial charge in [0.25, 0.3) is 0 Å². The van der Waals surface area contributed by atoms with Gasteiger partial charge in [-0.25, -0.2) is 9.59 Å². The summed E-state index contributed by atoms with van der Waals surface area (Å²) in [6.07, 6.45) is -0.814. The van der Waals surface area contributed by atoms with E-state index in [9.17, 15) is 19.2 Å². The van der Waals surface area contributed by atoms with Crippen LogP contribution in [-0.2, 0) is 35.1 Å². The monoisotopic (exact) mass is 550 g/mol. The minimum atomic E-state index is -0.780. The lowest BCUT2D eigenvalue weighted by atomic mass is 10.0. The van der Waals surface area contributed by atoms with Crippen molar-refractivity contribution in [2.45, 2.75) is 66.1 Å². The van der Waals surface area contributed by atoms with E-state index >= 15 is 0 Å². The van der Waals surface area contributed by atoms with E-state index in [1.807, 2.05) is 30.0 Å². The van der Waals surface area contributed by atoms with Crippen LogP contribution in [0, 0.1) is 0 Å². The van der Waals surface area contributed by atoms with E-state index < -0.39 is 30.2 Å². The molecule has 0 saturated carbocycles. The van der Waals surface area contributed by atoms with E-state index in [2.05, 4.69) is 0 Å². The van der Waals surface area contributed by atoms with Gasteiger partial charge < -0.3 is 28.7 Å². The van der Waals surface area contributed by atoms with Gasteiger partial charge in [-0.1, -0.05) is 6.07 Å². The molecule has 2 rings (SSSR count). The van der Waals surface area contributed by atoms with Crippen LogP contribution in [0.25, 0.3) is 0 Å². The zero-order chi connectivity index (χ0) is 28.8. The number of fused-ring (bicyclic) bond motifs is 2. The van der Waals surface area contributed by atoms with Crippen LogP contribution in [-0.4, -0.2) is 102 Å². The Labute approximate surface area is 230 Å². The Hall–Kier alpha value is -3.41. The molecule has 0 saturated heterocycles. The third kappa shape index (κ3) is 9.68. The van der Waals surface area contributed by atoms with Gasteiger partial charge in [-0.2, -0.15) is 0 Å².